The molecule has 25 heavy (non-hydrogen) atoms. The van der Waals surface area contributed by atoms with Gasteiger partial charge in [0.2, 0.25) is 5.95 Å². The van der Waals surface area contributed by atoms with E-state index in [9.17, 15) is 4.39 Å². The highest BCUT2D eigenvalue weighted by atomic mass is 35.5. The van der Waals surface area contributed by atoms with Crippen molar-refractivity contribution in [2.24, 2.45) is 0 Å². The van der Waals surface area contributed by atoms with Crippen LogP contribution in [-0.4, -0.2) is 15.2 Å². The Balaban J connectivity index is 1.83. The Hall–Kier alpha value is -2.73. The van der Waals surface area contributed by atoms with Gasteiger partial charge >= 0.3 is 0 Å². The number of aromatic nitrogens is 3. The summed E-state index contributed by atoms with van der Waals surface area (Å²) in [6.45, 7) is 6.14. The van der Waals surface area contributed by atoms with Crippen LogP contribution in [0.4, 0.5) is 27.5 Å². The molecule has 0 aliphatic carbocycles. The molecule has 5 nitrogen and oxygen atoms in total. The van der Waals surface area contributed by atoms with Gasteiger partial charge < -0.3 is 10.6 Å². The lowest BCUT2D eigenvalue weighted by atomic mass is 10.1. The quantitative estimate of drug-likeness (QED) is 0.682. The Morgan fingerprint density at radius 1 is 1.00 bits per heavy atom. The van der Waals surface area contributed by atoms with E-state index in [1.54, 1.807) is 12.3 Å². The SMILES string of the molecule is Cc1cc(C)c(Nc2cnnc(Nc3ccc(F)c(Cl)c3)n2)c(C)c1. The van der Waals surface area contributed by atoms with E-state index in [2.05, 4.69) is 44.9 Å². The highest BCUT2D eigenvalue weighted by Gasteiger charge is 2.08. The summed E-state index contributed by atoms with van der Waals surface area (Å²) in [6, 6.07) is 8.50. The van der Waals surface area contributed by atoms with Gasteiger partial charge in [-0.2, -0.15) is 10.1 Å². The smallest absolute Gasteiger partial charge is 0.249 e. The van der Waals surface area contributed by atoms with Gasteiger partial charge in [0.1, 0.15) is 5.82 Å². The van der Waals surface area contributed by atoms with Crippen LogP contribution in [-0.2, 0) is 0 Å². The van der Waals surface area contributed by atoms with Crippen molar-refractivity contribution in [3.05, 3.63) is 64.1 Å². The number of aryl methyl sites for hydroxylation is 3. The van der Waals surface area contributed by atoms with Crippen LogP contribution in [0, 0.1) is 26.6 Å². The highest BCUT2D eigenvalue weighted by Crippen LogP contribution is 2.26. The summed E-state index contributed by atoms with van der Waals surface area (Å²) in [6.07, 6.45) is 1.54. The molecule has 3 rings (SSSR count). The molecule has 0 spiro atoms. The number of nitrogens with one attached hydrogen (secondary N) is 2. The molecule has 7 heteroatoms. The summed E-state index contributed by atoms with van der Waals surface area (Å²) in [5.74, 6) is 0.364. The Morgan fingerprint density at radius 3 is 2.40 bits per heavy atom. The molecular formula is C18H17ClFN5. The highest BCUT2D eigenvalue weighted by molar-refractivity contribution is 6.31. The lowest BCUT2D eigenvalue weighted by Gasteiger charge is -2.13. The molecule has 0 bridgehead atoms. The maximum absolute atomic E-state index is 13.2. The molecule has 0 aliphatic heterocycles. The molecule has 0 saturated heterocycles. The Kier molecular flexibility index (Phi) is 4.81. The topological polar surface area (TPSA) is 62.7 Å². The van der Waals surface area contributed by atoms with Crippen molar-refractivity contribution >= 4 is 34.7 Å². The molecule has 3 aromatic rings. The Bertz CT molecular complexity index is 906. The van der Waals surface area contributed by atoms with Crippen LogP contribution < -0.4 is 10.6 Å². The molecule has 2 aromatic carbocycles. The van der Waals surface area contributed by atoms with Crippen molar-refractivity contribution in [2.75, 3.05) is 10.6 Å². The van der Waals surface area contributed by atoms with E-state index in [1.165, 1.54) is 17.7 Å². The van der Waals surface area contributed by atoms with Crippen LogP contribution in [0.15, 0.2) is 36.5 Å². The fourth-order valence-electron chi connectivity index (χ4n) is 2.62. The molecule has 2 N–H and O–H groups in total. The maximum atomic E-state index is 13.2. The minimum absolute atomic E-state index is 0.0261. The second-order valence-corrected chi connectivity index (χ2v) is 6.23. The van der Waals surface area contributed by atoms with E-state index in [4.69, 9.17) is 11.6 Å². The van der Waals surface area contributed by atoms with Gasteiger partial charge in [-0.25, -0.2) is 4.39 Å². The maximum Gasteiger partial charge on any atom is 0.249 e. The van der Waals surface area contributed by atoms with Crippen molar-refractivity contribution in [3.8, 4) is 0 Å². The van der Waals surface area contributed by atoms with E-state index in [1.807, 2.05) is 13.8 Å². The Labute approximate surface area is 150 Å². The molecule has 0 fully saturated rings. The first-order valence-electron chi connectivity index (χ1n) is 7.69. The van der Waals surface area contributed by atoms with Gasteiger partial charge in [0, 0.05) is 11.4 Å². The lowest BCUT2D eigenvalue weighted by Crippen LogP contribution is -2.04. The minimum Gasteiger partial charge on any atom is -0.338 e. The second kappa shape index (κ2) is 7.03. The van der Waals surface area contributed by atoms with Gasteiger partial charge in [-0.15, -0.1) is 5.10 Å². The number of hydrogen-bond acceptors (Lipinski definition) is 5. The molecule has 0 amide bonds. The third kappa shape index (κ3) is 4.03. The van der Waals surface area contributed by atoms with Crippen molar-refractivity contribution in [1.29, 1.82) is 0 Å². The monoisotopic (exact) mass is 357 g/mol. The van der Waals surface area contributed by atoms with Crippen molar-refractivity contribution in [2.45, 2.75) is 20.8 Å². The zero-order chi connectivity index (χ0) is 18.0. The van der Waals surface area contributed by atoms with Gasteiger partial charge in [-0.1, -0.05) is 29.3 Å². The van der Waals surface area contributed by atoms with E-state index < -0.39 is 5.82 Å². The van der Waals surface area contributed by atoms with Crippen LogP contribution in [0.3, 0.4) is 0 Å². The van der Waals surface area contributed by atoms with Crippen LogP contribution in [0.1, 0.15) is 16.7 Å². The lowest BCUT2D eigenvalue weighted by molar-refractivity contribution is 0.628. The summed E-state index contributed by atoms with van der Waals surface area (Å²) < 4.78 is 13.2. The van der Waals surface area contributed by atoms with Gasteiger partial charge in [0.15, 0.2) is 5.82 Å². The number of nitrogens with zero attached hydrogens (tertiary/aromatic N) is 3. The molecule has 128 valence electrons. The average Bonchev–Trinajstić information content (AvgIpc) is 2.55. The van der Waals surface area contributed by atoms with Crippen LogP contribution >= 0.6 is 11.6 Å². The fraction of sp³-hybridized carbons (Fsp3) is 0.167. The first-order chi connectivity index (χ1) is 11.9. The molecule has 0 aliphatic rings. The molecule has 1 aromatic heterocycles. The zero-order valence-electron chi connectivity index (χ0n) is 14.1. The fourth-order valence-corrected chi connectivity index (χ4v) is 2.81. The third-order valence-electron chi connectivity index (χ3n) is 3.66. The van der Waals surface area contributed by atoms with E-state index in [0.717, 1.165) is 16.8 Å². The molecule has 0 radical (unpaired) electrons. The average molecular weight is 358 g/mol. The number of anilines is 4. The molecule has 0 saturated carbocycles. The third-order valence-corrected chi connectivity index (χ3v) is 3.95. The molecule has 0 atom stereocenters. The predicted octanol–water partition coefficient (Wildman–Crippen LogP) is 5.08. The summed E-state index contributed by atoms with van der Waals surface area (Å²) in [7, 11) is 0. The first-order valence-corrected chi connectivity index (χ1v) is 8.07. The molecule has 0 unspecified atom stereocenters. The van der Waals surface area contributed by atoms with Crippen LogP contribution in [0.2, 0.25) is 5.02 Å². The van der Waals surface area contributed by atoms with Crippen molar-refractivity contribution in [1.82, 2.24) is 15.2 Å². The van der Waals surface area contributed by atoms with Crippen LogP contribution in [0.25, 0.3) is 0 Å². The summed E-state index contributed by atoms with van der Waals surface area (Å²) in [5.41, 5.74) is 5.01. The molecular weight excluding hydrogens is 341 g/mol. The van der Waals surface area contributed by atoms with E-state index >= 15 is 0 Å². The molecule has 1 heterocycles. The number of benzene rings is 2. The largest absolute Gasteiger partial charge is 0.338 e. The Morgan fingerprint density at radius 2 is 1.72 bits per heavy atom. The van der Waals surface area contributed by atoms with Crippen LogP contribution in [0.5, 0.6) is 0 Å². The number of hydrogen-bond donors (Lipinski definition) is 2. The summed E-state index contributed by atoms with van der Waals surface area (Å²) in [5, 5.41) is 14.1. The van der Waals surface area contributed by atoms with Crippen molar-refractivity contribution in [3.63, 3.8) is 0 Å². The zero-order valence-corrected chi connectivity index (χ0v) is 14.8. The number of halogens is 2. The predicted molar refractivity (Wildman–Crippen MR) is 98.5 cm³/mol. The standard InChI is InChI=1S/C18H17ClFN5/c1-10-6-11(2)17(12(3)7-10)23-16-9-21-25-18(24-16)22-13-4-5-15(20)14(19)8-13/h4-9H,1-3H3,(H2,22,23,24,25). The van der Waals surface area contributed by atoms with Crippen molar-refractivity contribution < 1.29 is 4.39 Å². The first kappa shape index (κ1) is 17.1. The van der Waals surface area contributed by atoms with Gasteiger partial charge in [-0.3, -0.25) is 0 Å². The minimum atomic E-state index is -0.480. The second-order valence-electron chi connectivity index (χ2n) is 5.82. The van der Waals surface area contributed by atoms with Gasteiger partial charge in [0.25, 0.3) is 0 Å². The van der Waals surface area contributed by atoms with E-state index in [-0.39, 0.29) is 11.0 Å². The summed E-state index contributed by atoms with van der Waals surface area (Å²) >= 11 is 5.78. The number of rotatable bonds is 4. The van der Waals surface area contributed by atoms with Gasteiger partial charge in [0.05, 0.1) is 11.2 Å². The summed E-state index contributed by atoms with van der Waals surface area (Å²) in [4.78, 5) is 4.39. The normalized spacial score (nSPS) is 10.6. The van der Waals surface area contributed by atoms with E-state index in [0.29, 0.717) is 11.5 Å². The van der Waals surface area contributed by atoms with Gasteiger partial charge in [-0.05, 0) is 50.1 Å².